The third-order valence-corrected chi connectivity index (χ3v) is 3.43. The van der Waals surface area contributed by atoms with Crippen LogP contribution in [0.4, 0.5) is 17.6 Å². The molecule has 0 amide bonds. The van der Waals surface area contributed by atoms with E-state index in [9.17, 15) is 17.6 Å². The number of rotatable bonds is 4. The second-order valence-electron chi connectivity index (χ2n) is 4.77. The third kappa shape index (κ3) is 6.77. The number of nitrogens with zero attached hydrogens (tertiary/aromatic N) is 1. The van der Waals surface area contributed by atoms with E-state index in [1.54, 1.807) is 23.9 Å². The largest absolute Gasteiger partial charge is 0.741 e. The normalized spacial score (nSPS) is 11.6. The van der Waals surface area contributed by atoms with Gasteiger partial charge >= 0.3 is 11.5 Å². The van der Waals surface area contributed by atoms with Gasteiger partial charge in [-0.2, -0.15) is 17.7 Å². The van der Waals surface area contributed by atoms with E-state index in [0.29, 0.717) is 18.7 Å². The van der Waals surface area contributed by atoms with Gasteiger partial charge in [0.25, 0.3) is 0 Å². The molecule has 1 aromatic heterocycles. The molecule has 0 saturated heterocycles. The second kappa shape index (κ2) is 8.88. The van der Waals surface area contributed by atoms with Crippen molar-refractivity contribution in [2.24, 2.45) is 0 Å². The molecule has 2 rings (SSSR count). The van der Waals surface area contributed by atoms with Crippen molar-refractivity contribution < 1.29 is 39.8 Å². The Morgan fingerprint density at radius 3 is 2.16 bits per heavy atom. The molecule has 0 aliphatic carbocycles. The van der Waals surface area contributed by atoms with Gasteiger partial charge in [0.15, 0.2) is 22.9 Å². The van der Waals surface area contributed by atoms with Crippen LogP contribution in [0.1, 0.15) is 11.1 Å². The maximum absolute atomic E-state index is 14.0. The van der Waals surface area contributed by atoms with E-state index in [1.165, 1.54) is 0 Å². The van der Waals surface area contributed by atoms with Gasteiger partial charge in [-0.15, -0.1) is 4.39 Å². The van der Waals surface area contributed by atoms with E-state index in [0.717, 1.165) is 5.56 Å². The predicted octanol–water partition coefficient (Wildman–Crippen LogP) is 2.36. The molecule has 0 unspecified atom stereocenters. The van der Waals surface area contributed by atoms with E-state index < -0.39 is 15.6 Å². The fraction of sp³-hybridized carbons (Fsp3) is 0.267. The van der Waals surface area contributed by atoms with Crippen molar-refractivity contribution in [3.05, 3.63) is 65.7 Å². The summed E-state index contributed by atoms with van der Waals surface area (Å²) < 4.78 is 79.5. The zero-order valence-electron chi connectivity index (χ0n) is 13.0. The first-order valence-electron chi connectivity index (χ1n) is 6.78. The van der Waals surface area contributed by atoms with Crippen molar-refractivity contribution in [1.29, 1.82) is 0 Å². The highest BCUT2D eigenvalue weighted by atomic mass is 32.2. The van der Waals surface area contributed by atoms with E-state index in [1.807, 2.05) is 36.4 Å². The lowest BCUT2D eigenvalue weighted by Crippen LogP contribution is -2.39. The summed E-state index contributed by atoms with van der Waals surface area (Å²) in [4.78, 5) is 0. The summed E-state index contributed by atoms with van der Waals surface area (Å²) in [5.41, 5.74) is -4.00. The lowest BCUT2D eigenvalue weighted by Gasteiger charge is -2.08. The Bertz CT molecular complexity index is 780. The minimum atomic E-state index is -6.09. The average Bonchev–Trinajstić information content (AvgIpc) is 2.51. The van der Waals surface area contributed by atoms with Crippen molar-refractivity contribution in [2.75, 3.05) is 7.11 Å². The summed E-state index contributed by atoms with van der Waals surface area (Å²) in [5, 5.41) is 0. The number of methoxy groups -OCH3 is 1. The van der Waals surface area contributed by atoms with Gasteiger partial charge in [-0.1, -0.05) is 30.3 Å². The van der Waals surface area contributed by atoms with Crippen LogP contribution in [-0.4, -0.2) is 25.6 Å². The lowest BCUT2D eigenvalue weighted by molar-refractivity contribution is -0.716. The summed E-state index contributed by atoms with van der Waals surface area (Å²) in [6.07, 6.45) is 1.74. The summed E-state index contributed by atoms with van der Waals surface area (Å²) in [5.74, 6) is -0.238. The summed E-state index contributed by atoms with van der Waals surface area (Å²) in [6, 6.07) is 13.4. The predicted molar refractivity (Wildman–Crippen MR) is 78.6 cm³/mol. The number of halogens is 4. The molecule has 10 heteroatoms. The quantitative estimate of drug-likeness (QED) is 0.268. The Labute approximate surface area is 142 Å². The molecule has 1 heterocycles. The van der Waals surface area contributed by atoms with Crippen molar-refractivity contribution in [3.8, 4) is 0 Å². The molecule has 0 saturated carbocycles. The minimum Gasteiger partial charge on any atom is -0.741 e. The number of ether oxygens (including phenoxy) is 1. The number of hydrogen-bond donors (Lipinski definition) is 0. The van der Waals surface area contributed by atoms with Gasteiger partial charge in [-0.05, 0) is 6.07 Å². The summed E-state index contributed by atoms with van der Waals surface area (Å²) in [6.45, 7) is 0.825. The Kier molecular flexibility index (Phi) is 7.46. The summed E-state index contributed by atoms with van der Waals surface area (Å²) >= 11 is 0. The highest BCUT2D eigenvalue weighted by Gasteiger charge is 2.36. The first-order valence-corrected chi connectivity index (χ1v) is 8.19. The smallest absolute Gasteiger partial charge is 0.485 e. The fourth-order valence-electron chi connectivity index (χ4n) is 1.75. The van der Waals surface area contributed by atoms with Crippen LogP contribution in [0.2, 0.25) is 0 Å². The fourth-order valence-corrected chi connectivity index (χ4v) is 1.75. The SMILES string of the molecule is COCc1ccc[n+](Cc2ccccc2)c1F.O=S(=O)([O-])C(F)(F)F. The lowest BCUT2D eigenvalue weighted by atomic mass is 10.2. The molecule has 2 aromatic rings. The minimum absolute atomic E-state index is 0.238. The van der Waals surface area contributed by atoms with E-state index in [2.05, 4.69) is 0 Å². The molecule has 0 bridgehead atoms. The van der Waals surface area contributed by atoms with Gasteiger partial charge in [0.1, 0.15) is 0 Å². The molecule has 25 heavy (non-hydrogen) atoms. The summed E-state index contributed by atoms with van der Waals surface area (Å²) in [7, 11) is -4.53. The van der Waals surface area contributed by atoms with Crippen LogP contribution in [0.15, 0.2) is 48.7 Å². The van der Waals surface area contributed by atoms with Crippen LogP contribution in [0.3, 0.4) is 0 Å². The van der Waals surface area contributed by atoms with Crippen LogP contribution in [-0.2, 0) is 28.0 Å². The van der Waals surface area contributed by atoms with Crippen LogP contribution < -0.4 is 4.57 Å². The highest BCUT2D eigenvalue weighted by Crippen LogP contribution is 2.20. The first-order chi connectivity index (χ1) is 11.6. The topological polar surface area (TPSA) is 70.3 Å². The molecular weight excluding hydrogens is 366 g/mol. The van der Waals surface area contributed by atoms with Crippen LogP contribution in [0.5, 0.6) is 0 Å². The van der Waals surface area contributed by atoms with E-state index in [4.69, 9.17) is 17.7 Å². The standard InChI is InChI=1S/C14H15FNO.CHF3O3S/c1-17-11-13-8-5-9-16(14(13)15)10-12-6-3-2-4-7-12;2-1(3,4)8(5,6)7/h2-9H,10-11H2,1H3;(H,5,6,7)/q+1;/p-1. The van der Waals surface area contributed by atoms with Crippen LogP contribution >= 0.6 is 0 Å². The van der Waals surface area contributed by atoms with E-state index >= 15 is 0 Å². The van der Waals surface area contributed by atoms with E-state index in [-0.39, 0.29) is 5.95 Å². The van der Waals surface area contributed by atoms with Gasteiger partial charge in [-0.3, -0.25) is 0 Å². The Hall–Kier alpha value is -2.04. The highest BCUT2D eigenvalue weighted by molar-refractivity contribution is 7.86. The Balaban J connectivity index is 0.000000333. The van der Waals surface area contributed by atoms with Crippen molar-refractivity contribution in [3.63, 3.8) is 0 Å². The molecule has 1 aromatic carbocycles. The third-order valence-electron chi connectivity index (χ3n) is 2.86. The van der Waals surface area contributed by atoms with Gasteiger partial charge < -0.3 is 9.29 Å². The molecule has 0 aliphatic rings. The zero-order valence-corrected chi connectivity index (χ0v) is 13.8. The van der Waals surface area contributed by atoms with Crippen LogP contribution in [0.25, 0.3) is 0 Å². The maximum Gasteiger partial charge on any atom is 0.485 e. The Morgan fingerprint density at radius 2 is 1.68 bits per heavy atom. The number of hydrogen-bond acceptors (Lipinski definition) is 4. The number of alkyl halides is 3. The van der Waals surface area contributed by atoms with Gasteiger partial charge in [0.05, 0.1) is 12.2 Å². The molecule has 5 nitrogen and oxygen atoms in total. The zero-order chi connectivity index (χ0) is 19.1. The molecule has 0 N–H and O–H groups in total. The van der Waals surface area contributed by atoms with Crippen molar-refractivity contribution in [1.82, 2.24) is 0 Å². The van der Waals surface area contributed by atoms with Crippen molar-refractivity contribution in [2.45, 2.75) is 18.7 Å². The molecule has 0 spiro atoms. The van der Waals surface area contributed by atoms with Gasteiger partial charge in [-0.25, -0.2) is 8.42 Å². The first kappa shape index (κ1) is 21.0. The van der Waals surface area contributed by atoms with Gasteiger partial charge in [0, 0.05) is 18.7 Å². The Morgan fingerprint density at radius 1 is 1.12 bits per heavy atom. The molecule has 0 aliphatic heterocycles. The molecule has 0 atom stereocenters. The molecule has 138 valence electrons. The van der Waals surface area contributed by atoms with Crippen LogP contribution in [0, 0.1) is 5.95 Å². The number of aromatic nitrogens is 1. The molecule has 0 radical (unpaired) electrons. The number of pyridine rings is 1. The van der Waals surface area contributed by atoms with Gasteiger partial charge in [0.2, 0.25) is 0 Å². The number of benzene rings is 1. The van der Waals surface area contributed by atoms with Crippen molar-refractivity contribution >= 4 is 10.1 Å². The molecule has 0 fully saturated rings. The molecular formula is C15H15F4NO4S. The average molecular weight is 381 g/mol. The second-order valence-corrected chi connectivity index (χ2v) is 6.14. The monoisotopic (exact) mass is 381 g/mol. The maximum atomic E-state index is 14.0.